The first-order valence-corrected chi connectivity index (χ1v) is 12.6. The molecule has 212 valence electrons. The number of aromatic nitrogens is 4. The zero-order valence-corrected chi connectivity index (χ0v) is 22.2. The average Bonchev–Trinajstić information content (AvgIpc) is 3.43. The molecule has 4 aromatic rings. The lowest BCUT2D eigenvalue weighted by molar-refractivity contribution is -0.236. The molecule has 0 atom stereocenters. The van der Waals surface area contributed by atoms with Gasteiger partial charge in [0.2, 0.25) is 18.1 Å². The van der Waals surface area contributed by atoms with Crippen molar-refractivity contribution in [2.24, 2.45) is 11.1 Å². The highest BCUT2D eigenvalue weighted by Crippen LogP contribution is 2.35. The first kappa shape index (κ1) is 29.1. The molecule has 2 aromatic carbocycles. The fourth-order valence-corrected chi connectivity index (χ4v) is 3.74. The lowest BCUT2D eigenvalue weighted by atomic mass is 9.92. The van der Waals surface area contributed by atoms with Gasteiger partial charge in [0.25, 0.3) is 0 Å². The molecule has 1 aliphatic rings. The van der Waals surface area contributed by atoms with Gasteiger partial charge in [-0.25, -0.2) is 19.3 Å². The number of hydrogen-bond donors (Lipinski definition) is 4. The lowest BCUT2D eigenvalue weighted by Crippen LogP contribution is -2.42. The summed E-state index contributed by atoms with van der Waals surface area (Å²) in [4.78, 5) is 38.4. The number of carbonyl (C=O) groups excluding carboxylic acids is 1. The van der Waals surface area contributed by atoms with Crippen molar-refractivity contribution < 1.29 is 28.6 Å². The van der Waals surface area contributed by atoms with Crippen LogP contribution < -0.4 is 11.1 Å². The zero-order valence-electron chi connectivity index (χ0n) is 22.2. The Balaban J connectivity index is 0.000000367. The number of nitrogens with two attached hydrogens (primary N) is 1. The summed E-state index contributed by atoms with van der Waals surface area (Å²) in [6.07, 6.45) is 2.42. The third-order valence-corrected chi connectivity index (χ3v) is 6.06. The van der Waals surface area contributed by atoms with Gasteiger partial charge in [0, 0.05) is 23.9 Å². The number of aromatic amines is 1. The summed E-state index contributed by atoms with van der Waals surface area (Å²) in [5.74, 6) is -0.980. The Morgan fingerprint density at radius 1 is 1.15 bits per heavy atom. The van der Waals surface area contributed by atoms with Crippen molar-refractivity contribution in [2.45, 2.75) is 13.2 Å². The maximum absolute atomic E-state index is 13.5. The van der Waals surface area contributed by atoms with Gasteiger partial charge in [-0.1, -0.05) is 24.3 Å². The van der Waals surface area contributed by atoms with Crippen LogP contribution in [0.5, 0.6) is 0 Å². The van der Waals surface area contributed by atoms with Gasteiger partial charge in [-0.2, -0.15) is 0 Å². The van der Waals surface area contributed by atoms with Crippen LogP contribution in [0.1, 0.15) is 29.4 Å². The summed E-state index contributed by atoms with van der Waals surface area (Å²) in [5.41, 5.74) is 6.69. The number of nitrogens with one attached hydrogen (secondary N) is 2. The predicted molar refractivity (Wildman–Crippen MR) is 149 cm³/mol. The molecule has 0 saturated carbocycles. The van der Waals surface area contributed by atoms with Crippen molar-refractivity contribution in [3.05, 3.63) is 96.7 Å². The van der Waals surface area contributed by atoms with Gasteiger partial charge in [0.05, 0.1) is 30.3 Å². The summed E-state index contributed by atoms with van der Waals surface area (Å²) < 4.78 is 24.8. The number of rotatable bonds is 8. The number of amides is 1. The van der Waals surface area contributed by atoms with E-state index in [1.54, 1.807) is 61.7 Å². The molecule has 5 N–H and O–H groups in total. The number of carboxylic acids is 1. The van der Waals surface area contributed by atoms with Gasteiger partial charge in [-0.15, -0.1) is 6.58 Å². The molecule has 1 fully saturated rings. The van der Waals surface area contributed by atoms with E-state index >= 15 is 0 Å². The van der Waals surface area contributed by atoms with Crippen LogP contribution in [0.15, 0.2) is 79.5 Å². The molecular weight excluding hydrogens is 531 g/mol. The topological polar surface area (TPSA) is 165 Å². The Kier molecular flexibility index (Phi) is 9.17. The number of H-pyrrole nitrogens is 1. The molecule has 3 heterocycles. The van der Waals surface area contributed by atoms with Crippen LogP contribution in [0.4, 0.5) is 10.3 Å². The molecule has 12 heteroatoms. The Morgan fingerprint density at radius 3 is 2.41 bits per heavy atom. The van der Waals surface area contributed by atoms with E-state index in [1.807, 2.05) is 6.07 Å². The third kappa shape index (κ3) is 7.18. The summed E-state index contributed by atoms with van der Waals surface area (Å²) in [7, 11) is 0. The maximum Gasteiger partial charge on any atom is 0.314 e. The van der Waals surface area contributed by atoms with E-state index in [2.05, 4.69) is 31.8 Å². The van der Waals surface area contributed by atoms with Crippen molar-refractivity contribution in [3.63, 3.8) is 0 Å². The Bertz CT molecular complexity index is 1500. The third-order valence-electron chi connectivity index (χ3n) is 6.06. The van der Waals surface area contributed by atoms with Gasteiger partial charge < -0.3 is 30.6 Å². The van der Waals surface area contributed by atoms with Gasteiger partial charge in [0.1, 0.15) is 11.2 Å². The number of benzene rings is 2. The van der Waals surface area contributed by atoms with E-state index in [4.69, 9.17) is 15.2 Å². The van der Waals surface area contributed by atoms with Gasteiger partial charge >= 0.3 is 5.97 Å². The average molecular weight is 561 g/mol. The van der Waals surface area contributed by atoms with E-state index in [-0.39, 0.29) is 24.9 Å². The number of hydrogen-bond acceptors (Lipinski definition) is 8. The Hall–Kier alpha value is -4.94. The predicted octanol–water partition coefficient (Wildman–Crippen LogP) is 4.19. The van der Waals surface area contributed by atoms with Crippen molar-refractivity contribution in [3.8, 4) is 22.6 Å². The molecule has 1 amide bonds. The van der Waals surface area contributed by atoms with Crippen LogP contribution in [0, 0.1) is 11.2 Å². The summed E-state index contributed by atoms with van der Waals surface area (Å²) >= 11 is 0. The minimum atomic E-state index is -1.13. The number of aliphatic carboxylic acids is 1. The van der Waals surface area contributed by atoms with E-state index in [0.29, 0.717) is 46.5 Å². The summed E-state index contributed by atoms with van der Waals surface area (Å²) in [6.45, 7) is 5.66. The number of ether oxygens (including phenoxy) is 2. The lowest BCUT2D eigenvalue weighted by Gasteiger charge is -2.33. The van der Waals surface area contributed by atoms with Crippen LogP contribution in [0.2, 0.25) is 0 Å². The van der Waals surface area contributed by atoms with Gasteiger partial charge in [-0.3, -0.25) is 9.59 Å². The highest BCUT2D eigenvalue weighted by Gasteiger charge is 2.41. The summed E-state index contributed by atoms with van der Waals surface area (Å²) in [6, 6.07) is 16.4. The number of primary amides is 1. The molecule has 1 aliphatic heterocycles. The van der Waals surface area contributed by atoms with E-state index in [0.717, 1.165) is 0 Å². The largest absolute Gasteiger partial charge is 0.481 e. The summed E-state index contributed by atoms with van der Waals surface area (Å²) in [5, 5.41) is 12.4. The van der Waals surface area contributed by atoms with Crippen molar-refractivity contribution in [2.75, 3.05) is 25.1 Å². The minimum absolute atomic E-state index is 0.0297. The number of carbonyl (C=O) groups is 2. The number of carboxylic acid groups (broad SMARTS) is 1. The fraction of sp³-hybridized carbons (Fsp3) is 0.207. The Morgan fingerprint density at radius 2 is 1.83 bits per heavy atom. The standard InChI is InChI=1S/C22H22FN5O4.C7H7NO/c1-3-9-24-21-25-10-8-15(26-21)17-16(13-4-6-14(23)7-5-13)27-18(28-17)19-31-11-22(2,12-32-19)20(29)30;8-7(9)6-4-2-1-3-5-6/h3-8,10,19H,1,9,11-12H2,2H3,(H,27,28)(H,29,30)(H,24,25,26);1-5H,(H2,8,9). The molecule has 0 radical (unpaired) electrons. The fourth-order valence-electron chi connectivity index (χ4n) is 3.74. The van der Waals surface area contributed by atoms with Crippen molar-refractivity contribution >= 4 is 17.8 Å². The highest BCUT2D eigenvalue weighted by molar-refractivity contribution is 5.92. The first-order valence-electron chi connectivity index (χ1n) is 12.6. The van der Waals surface area contributed by atoms with Crippen LogP contribution in [0.3, 0.4) is 0 Å². The molecule has 1 saturated heterocycles. The van der Waals surface area contributed by atoms with Gasteiger partial charge in [-0.05, 0) is 49.4 Å². The van der Waals surface area contributed by atoms with Crippen LogP contribution in [0.25, 0.3) is 22.6 Å². The number of halogens is 1. The number of nitrogens with zero attached hydrogens (tertiary/aromatic N) is 3. The highest BCUT2D eigenvalue weighted by atomic mass is 19.1. The van der Waals surface area contributed by atoms with Crippen molar-refractivity contribution in [1.29, 1.82) is 0 Å². The second-order valence-electron chi connectivity index (χ2n) is 9.34. The molecule has 2 aromatic heterocycles. The van der Waals surface area contributed by atoms with E-state index in [9.17, 15) is 19.1 Å². The van der Waals surface area contributed by atoms with E-state index in [1.165, 1.54) is 12.1 Å². The molecular formula is C29H29FN6O5. The SMILES string of the molecule is C=CCNc1nccc(-c2[nH]c(C3OCC(C)(C(=O)O)CO3)nc2-c2ccc(F)cc2)n1.NC(=O)c1ccccc1. The maximum atomic E-state index is 13.5. The quantitative estimate of drug-likeness (QED) is 0.231. The minimum Gasteiger partial charge on any atom is -0.481 e. The van der Waals surface area contributed by atoms with Crippen LogP contribution in [-0.2, 0) is 14.3 Å². The molecule has 0 unspecified atom stereocenters. The molecule has 41 heavy (non-hydrogen) atoms. The smallest absolute Gasteiger partial charge is 0.314 e. The molecule has 11 nitrogen and oxygen atoms in total. The Labute approximate surface area is 235 Å². The number of anilines is 1. The van der Waals surface area contributed by atoms with Crippen LogP contribution >= 0.6 is 0 Å². The second kappa shape index (κ2) is 12.9. The molecule has 5 rings (SSSR count). The zero-order chi connectivity index (χ0) is 29.4. The van der Waals surface area contributed by atoms with E-state index < -0.39 is 17.7 Å². The molecule has 0 spiro atoms. The number of imidazole rings is 1. The molecule has 0 aliphatic carbocycles. The monoisotopic (exact) mass is 560 g/mol. The molecule has 0 bridgehead atoms. The normalized spacial score (nSPS) is 18.0. The van der Waals surface area contributed by atoms with Crippen molar-refractivity contribution in [1.82, 2.24) is 19.9 Å². The van der Waals surface area contributed by atoms with Gasteiger partial charge in [0.15, 0.2) is 5.82 Å². The first-order chi connectivity index (χ1) is 19.7. The van der Waals surface area contributed by atoms with Crippen LogP contribution in [-0.4, -0.2) is 56.7 Å². The second-order valence-corrected chi connectivity index (χ2v) is 9.34.